The van der Waals surface area contributed by atoms with Crippen LogP contribution < -0.4 is 9.47 Å². The largest absolute Gasteiger partial charge is 0.497 e. The highest BCUT2D eigenvalue weighted by molar-refractivity contribution is 6.15. The SMILES string of the molecule is COc1ccc([C@]2(C)CC[C@]3(C)C(=O)C[C@H]2C3=O)c(OC)c1. The van der Waals surface area contributed by atoms with Gasteiger partial charge in [0.2, 0.25) is 0 Å². The average Bonchev–Trinajstić information content (AvgIpc) is 2.69. The van der Waals surface area contributed by atoms with Crippen LogP contribution >= 0.6 is 0 Å². The Bertz CT molecular complexity index is 650. The number of ketones is 2. The van der Waals surface area contributed by atoms with Gasteiger partial charge in [-0.2, -0.15) is 0 Å². The van der Waals surface area contributed by atoms with E-state index in [0.29, 0.717) is 12.8 Å². The standard InChI is InChI=1S/C18H22O4/c1-17(12-6-5-11(21-3)9-14(12)22-4)7-8-18(2)15(19)10-13(17)16(18)20/h5-6,9,13H,7-8,10H2,1-4H3/t13-,17-,18+/m0/s1. The maximum Gasteiger partial charge on any atom is 0.150 e. The van der Waals surface area contributed by atoms with Crippen molar-refractivity contribution in [2.75, 3.05) is 14.2 Å². The first-order valence-electron chi connectivity index (χ1n) is 7.67. The second-order valence-corrected chi connectivity index (χ2v) is 6.86. The lowest BCUT2D eigenvalue weighted by molar-refractivity contribution is -0.138. The van der Waals surface area contributed by atoms with Gasteiger partial charge in [0, 0.05) is 29.4 Å². The highest BCUT2D eigenvalue weighted by atomic mass is 16.5. The number of fused-ring (bicyclic) bond motifs is 2. The van der Waals surface area contributed by atoms with Crippen molar-refractivity contribution in [2.45, 2.75) is 38.5 Å². The Morgan fingerprint density at radius 1 is 1.09 bits per heavy atom. The summed E-state index contributed by atoms with van der Waals surface area (Å²) in [6, 6.07) is 5.70. The molecule has 0 aliphatic heterocycles. The van der Waals surface area contributed by atoms with Gasteiger partial charge in [0.05, 0.1) is 19.6 Å². The maximum atomic E-state index is 12.7. The third-order valence-electron chi connectivity index (χ3n) is 5.80. The number of ether oxygens (including phenoxy) is 2. The molecule has 0 unspecified atom stereocenters. The zero-order chi connectivity index (χ0) is 16.1. The van der Waals surface area contributed by atoms with E-state index in [1.165, 1.54) is 0 Å². The fourth-order valence-electron chi connectivity index (χ4n) is 4.08. The van der Waals surface area contributed by atoms with E-state index in [-0.39, 0.29) is 22.9 Å². The first-order chi connectivity index (χ1) is 10.4. The van der Waals surface area contributed by atoms with Crippen LogP contribution in [0.25, 0.3) is 0 Å². The molecular formula is C18H22O4. The number of carbonyl (C=O) groups is 2. The molecule has 4 heteroatoms. The fraction of sp³-hybridized carbons (Fsp3) is 0.556. The van der Waals surface area contributed by atoms with Crippen LogP contribution in [0, 0.1) is 11.3 Å². The highest BCUT2D eigenvalue weighted by Crippen LogP contribution is 2.56. The first kappa shape index (κ1) is 15.1. The molecule has 2 fully saturated rings. The van der Waals surface area contributed by atoms with E-state index in [2.05, 4.69) is 6.92 Å². The van der Waals surface area contributed by atoms with Gasteiger partial charge in [-0.3, -0.25) is 9.59 Å². The number of carbonyl (C=O) groups excluding carboxylic acids is 2. The van der Waals surface area contributed by atoms with Crippen LogP contribution in [-0.2, 0) is 15.0 Å². The van der Waals surface area contributed by atoms with Crippen LogP contribution in [0.1, 0.15) is 38.7 Å². The van der Waals surface area contributed by atoms with Gasteiger partial charge < -0.3 is 9.47 Å². The minimum atomic E-state index is -0.760. The predicted molar refractivity (Wildman–Crippen MR) is 82.4 cm³/mol. The lowest BCUT2D eigenvalue weighted by Crippen LogP contribution is -2.45. The van der Waals surface area contributed by atoms with Crippen LogP contribution in [0.5, 0.6) is 11.5 Å². The van der Waals surface area contributed by atoms with Crippen molar-refractivity contribution in [1.29, 1.82) is 0 Å². The van der Waals surface area contributed by atoms with Crippen LogP contribution in [0.2, 0.25) is 0 Å². The van der Waals surface area contributed by atoms with Crippen LogP contribution in [0.3, 0.4) is 0 Å². The molecule has 3 atom stereocenters. The van der Waals surface area contributed by atoms with Crippen molar-refractivity contribution in [1.82, 2.24) is 0 Å². The van der Waals surface area contributed by atoms with E-state index in [0.717, 1.165) is 23.5 Å². The molecule has 118 valence electrons. The minimum absolute atomic E-state index is 0.0960. The maximum absolute atomic E-state index is 12.7. The lowest BCUT2D eigenvalue weighted by atomic mass is 9.60. The molecule has 2 saturated carbocycles. The monoisotopic (exact) mass is 302 g/mol. The number of rotatable bonds is 3. The number of hydrogen-bond donors (Lipinski definition) is 0. The molecule has 1 aromatic rings. The first-order valence-corrected chi connectivity index (χ1v) is 7.67. The topological polar surface area (TPSA) is 52.6 Å². The van der Waals surface area contributed by atoms with Crippen molar-refractivity contribution in [3.63, 3.8) is 0 Å². The zero-order valence-electron chi connectivity index (χ0n) is 13.6. The van der Waals surface area contributed by atoms with E-state index in [1.807, 2.05) is 25.1 Å². The Morgan fingerprint density at radius 3 is 2.45 bits per heavy atom. The van der Waals surface area contributed by atoms with Crippen LogP contribution in [-0.4, -0.2) is 25.8 Å². The Hall–Kier alpha value is -1.84. The quantitative estimate of drug-likeness (QED) is 0.806. The molecular weight excluding hydrogens is 280 g/mol. The van der Waals surface area contributed by atoms with E-state index in [1.54, 1.807) is 14.2 Å². The number of methoxy groups -OCH3 is 2. The van der Waals surface area contributed by atoms with Crippen molar-refractivity contribution in [3.05, 3.63) is 23.8 Å². The second-order valence-electron chi connectivity index (χ2n) is 6.86. The van der Waals surface area contributed by atoms with Gasteiger partial charge in [-0.15, -0.1) is 0 Å². The summed E-state index contributed by atoms with van der Waals surface area (Å²) in [6.45, 7) is 3.89. The average molecular weight is 302 g/mol. The summed E-state index contributed by atoms with van der Waals surface area (Å²) in [6.07, 6.45) is 1.78. The molecule has 2 aliphatic carbocycles. The molecule has 2 aliphatic rings. The van der Waals surface area contributed by atoms with Crippen molar-refractivity contribution < 1.29 is 19.1 Å². The summed E-state index contributed by atoms with van der Waals surface area (Å²) < 4.78 is 10.8. The smallest absolute Gasteiger partial charge is 0.150 e. The zero-order valence-corrected chi connectivity index (χ0v) is 13.6. The molecule has 0 spiro atoms. The van der Waals surface area contributed by atoms with Gasteiger partial charge in [0.25, 0.3) is 0 Å². The molecule has 22 heavy (non-hydrogen) atoms. The molecule has 0 aromatic heterocycles. The van der Waals surface area contributed by atoms with E-state index >= 15 is 0 Å². The molecule has 2 bridgehead atoms. The third-order valence-corrected chi connectivity index (χ3v) is 5.80. The van der Waals surface area contributed by atoms with Crippen molar-refractivity contribution in [2.24, 2.45) is 11.3 Å². The Labute approximate surface area is 130 Å². The number of Topliss-reactive ketones (excluding diaryl/α,β-unsaturated/α-hetero) is 2. The van der Waals surface area contributed by atoms with Crippen LogP contribution in [0.15, 0.2) is 18.2 Å². The summed E-state index contributed by atoms with van der Waals surface area (Å²) >= 11 is 0. The predicted octanol–water partition coefficient (Wildman–Crippen LogP) is 2.92. The minimum Gasteiger partial charge on any atom is -0.497 e. The molecule has 0 amide bonds. The van der Waals surface area contributed by atoms with Crippen molar-refractivity contribution >= 4 is 11.6 Å². The second kappa shape index (κ2) is 4.83. The van der Waals surface area contributed by atoms with Gasteiger partial charge in [-0.25, -0.2) is 0 Å². The molecule has 3 rings (SSSR count). The Kier molecular flexibility index (Phi) is 3.31. The summed E-state index contributed by atoms with van der Waals surface area (Å²) in [4.78, 5) is 25.0. The highest BCUT2D eigenvalue weighted by Gasteiger charge is 2.61. The molecule has 0 heterocycles. The summed E-state index contributed by atoms with van der Waals surface area (Å²) in [5.41, 5.74) is -0.129. The normalized spacial score (nSPS) is 33.9. The molecule has 4 nitrogen and oxygen atoms in total. The number of benzene rings is 1. The Morgan fingerprint density at radius 2 is 1.82 bits per heavy atom. The molecule has 0 saturated heterocycles. The van der Waals surface area contributed by atoms with Gasteiger partial charge >= 0.3 is 0 Å². The molecule has 1 aromatic carbocycles. The van der Waals surface area contributed by atoms with E-state index in [9.17, 15) is 9.59 Å². The van der Waals surface area contributed by atoms with Crippen LogP contribution in [0.4, 0.5) is 0 Å². The summed E-state index contributed by atoms with van der Waals surface area (Å²) in [5, 5.41) is 0. The van der Waals surface area contributed by atoms with E-state index in [4.69, 9.17) is 9.47 Å². The third kappa shape index (κ3) is 1.82. The van der Waals surface area contributed by atoms with E-state index < -0.39 is 5.41 Å². The molecule has 0 N–H and O–H groups in total. The number of hydrogen-bond acceptors (Lipinski definition) is 4. The fourth-order valence-corrected chi connectivity index (χ4v) is 4.08. The summed E-state index contributed by atoms with van der Waals surface area (Å²) in [5.74, 6) is 1.39. The van der Waals surface area contributed by atoms with Gasteiger partial charge in [0.15, 0.2) is 5.78 Å². The molecule has 0 radical (unpaired) electrons. The van der Waals surface area contributed by atoms with Crippen molar-refractivity contribution in [3.8, 4) is 11.5 Å². The Balaban J connectivity index is 2.09. The summed E-state index contributed by atoms with van der Waals surface area (Å²) in [7, 11) is 3.23. The van der Waals surface area contributed by atoms with Gasteiger partial charge in [-0.05, 0) is 25.8 Å². The van der Waals surface area contributed by atoms with Gasteiger partial charge in [-0.1, -0.05) is 13.0 Å². The van der Waals surface area contributed by atoms with Gasteiger partial charge in [0.1, 0.15) is 17.3 Å². The lowest BCUT2D eigenvalue weighted by Gasteiger charge is -2.41.